The van der Waals surface area contributed by atoms with Crippen molar-refractivity contribution in [1.82, 2.24) is 0 Å². The third kappa shape index (κ3) is 4.51. The molecule has 31 heavy (non-hydrogen) atoms. The van der Waals surface area contributed by atoms with Gasteiger partial charge in [0.15, 0.2) is 0 Å². The Morgan fingerprint density at radius 2 is 1.26 bits per heavy atom. The van der Waals surface area contributed by atoms with Gasteiger partial charge in [-0.15, -0.1) is 0 Å². The van der Waals surface area contributed by atoms with E-state index in [2.05, 4.69) is 105 Å². The average molecular weight is 487 g/mol. The van der Waals surface area contributed by atoms with Crippen molar-refractivity contribution < 1.29 is 4.74 Å². The first-order valence-electron chi connectivity index (χ1n) is 10.8. The maximum atomic E-state index is 5.36. The van der Waals surface area contributed by atoms with Crippen LogP contribution in [0, 0.1) is 20.8 Å². The normalized spacial score (nSPS) is 11.5. The molecule has 4 aromatic rings. The van der Waals surface area contributed by atoms with Crippen LogP contribution in [0.15, 0.2) is 84.2 Å². The molecule has 0 aliphatic heterocycles. The Hall–Kier alpha value is -2.30. The SMILES string of the molecule is COc1ccc(C[CH2][Ge]([c]2ccc(C)cc2)([c]2ccc(C)cc2)[c]2sccc2C)cc1. The van der Waals surface area contributed by atoms with Crippen LogP contribution in [0.1, 0.15) is 22.3 Å². The van der Waals surface area contributed by atoms with Crippen LogP contribution in [0.25, 0.3) is 0 Å². The Kier molecular flexibility index (Phi) is 6.69. The van der Waals surface area contributed by atoms with Crippen molar-refractivity contribution in [2.24, 2.45) is 0 Å². The van der Waals surface area contributed by atoms with Crippen LogP contribution in [-0.2, 0) is 6.42 Å². The van der Waals surface area contributed by atoms with Crippen molar-refractivity contribution in [3.05, 3.63) is 106 Å². The fraction of sp³-hybridized carbons (Fsp3) is 0.214. The van der Waals surface area contributed by atoms with E-state index in [4.69, 9.17) is 4.74 Å². The molecule has 158 valence electrons. The zero-order valence-electron chi connectivity index (χ0n) is 18.8. The van der Waals surface area contributed by atoms with Crippen LogP contribution in [-0.4, -0.2) is 20.4 Å². The molecule has 3 aromatic carbocycles. The monoisotopic (exact) mass is 488 g/mol. The van der Waals surface area contributed by atoms with Gasteiger partial charge in [0.05, 0.1) is 0 Å². The van der Waals surface area contributed by atoms with Crippen molar-refractivity contribution in [1.29, 1.82) is 0 Å². The number of aryl methyl sites for hydroxylation is 4. The van der Waals surface area contributed by atoms with Gasteiger partial charge in [0.2, 0.25) is 0 Å². The van der Waals surface area contributed by atoms with Crippen molar-refractivity contribution in [3.63, 3.8) is 0 Å². The minimum absolute atomic E-state index is 0.919. The molecule has 0 fully saturated rings. The second-order valence-corrected chi connectivity index (χ2v) is 18.4. The van der Waals surface area contributed by atoms with Gasteiger partial charge in [-0.25, -0.2) is 0 Å². The summed E-state index contributed by atoms with van der Waals surface area (Å²) in [6.45, 7) is 6.65. The molecule has 1 aromatic heterocycles. The molecule has 1 nitrogen and oxygen atoms in total. The van der Waals surface area contributed by atoms with Gasteiger partial charge in [-0.3, -0.25) is 0 Å². The number of hydrogen-bond donors (Lipinski definition) is 0. The summed E-state index contributed by atoms with van der Waals surface area (Å²) in [6, 6.07) is 29.7. The Balaban J connectivity index is 1.87. The molecular formula is C28H30GeOS. The first-order valence-corrected chi connectivity index (χ1v) is 16.4. The Morgan fingerprint density at radius 3 is 1.71 bits per heavy atom. The van der Waals surface area contributed by atoms with E-state index in [0.29, 0.717) is 0 Å². The number of methoxy groups -OCH3 is 1. The van der Waals surface area contributed by atoms with E-state index < -0.39 is 13.3 Å². The summed E-state index contributed by atoms with van der Waals surface area (Å²) in [5.41, 5.74) is 5.47. The van der Waals surface area contributed by atoms with E-state index in [1.807, 2.05) is 11.3 Å². The maximum absolute atomic E-state index is 5.36. The van der Waals surface area contributed by atoms with Gasteiger partial charge in [-0.05, 0) is 0 Å². The number of hydrogen-bond acceptors (Lipinski definition) is 2. The van der Waals surface area contributed by atoms with Gasteiger partial charge >= 0.3 is 194 Å². The standard InChI is InChI=1S/C28H30GeOS/c1-21-5-11-25(12-6-21)29(28-23(3)18-20-31-28,26-13-7-22(2)8-14-26)19-17-24-9-15-27(30-4)16-10-24/h5-16,18,20H,17,19H2,1-4H3. The summed E-state index contributed by atoms with van der Waals surface area (Å²) in [7, 11) is 1.73. The number of rotatable bonds is 7. The molecule has 3 heteroatoms. The molecular weight excluding hydrogens is 457 g/mol. The van der Waals surface area contributed by atoms with Crippen LogP contribution >= 0.6 is 11.3 Å². The summed E-state index contributed by atoms with van der Waals surface area (Å²) < 4.78 is 10.1. The molecule has 0 saturated carbocycles. The first-order chi connectivity index (χ1) is 15.0. The van der Waals surface area contributed by atoms with Gasteiger partial charge in [-0.2, -0.15) is 0 Å². The van der Waals surface area contributed by atoms with Gasteiger partial charge < -0.3 is 0 Å². The van der Waals surface area contributed by atoms with Crippen LogP contribution in [0.5, 0.6) is 5.75 Å². The molecule has 0 N–H and O–H groups in total. The quantitative estimate of drug-likeness (QED) is 0.318. The van der Waals surface area contributed by atoms with E-state index in [0.717, 1.165) is 12.2 Å². The van der Waals surface area contributed by atoms with Gasteiger partial charge in [0, 0.05) is 0 Å². The van der Waals surface area contributed by atoms with E-state index >= 15 is 0 Å². The topological polar surface area (TPSA) is 9.23 Å². The predicted octanol–water partition coefficient (Wildman–Crippen LogP) is 5.39. The molecule has 4 rings (SSSR count). The zero-order valence-corrected chi connectivity index (χ0v) is 21.7. The van der Waals surface area contributed by atoms with Crippen LogP contribution in [0.3, 0.4) is 0 Å². The second-order valence-electron chi connectivity index (χ2n) is 8.42. The fourth-order valence-electron chi connectivity index (χ4n) is 4.44. The number of benzene rings is 3. The fourth-order valence-corrected chi connectivity index (χ4v) is 18.3. The van der Waals surface area contributed by atoms with Crippen molar-refractivity contribution >= 4 is 37.1 Å². The molecule has 0 aliphatic rings. The van der Waals surface area contributed by atoms with Gasteiger partial charge in [0.1, 0.15) is 0 Å². The van der Waals surface area contributed by atoms with E-state index in [1.54, 1.807) is 19.6 Å². The van der Waals surface area contributed by atoms with Crippen molar-refractivity contribution in [3.8, 4) is 5.75 Å². The molecule has 0 amide bonds. The van der Waals surface area contributed by atoms with Crippen molar-refractivity contribution in [2.45, 2.75) is 32.4 Å². The molecule has 0 bridgehead atoms. The van der Waals surface area contributed by atoms with Crippen LogP contribution in [0.4, 0.5) is 0 Å². The summed E-state index contributed by atoms with van der Waals surface area (Å²) in [5, 5.41) is 3.47. The van der Waals surface area contributed by atoms with Crippen LogP contribution < -0.4 is 17.2 Å². The summed E-state index contributed by atoms with van der Waals surface area (Å²) >= 11 is -0.920. The van der Waals surface area contributed by atoms with E-state index in [1.165, 1.54) is 27.5 Å². The second kappa shape index (κ2) is 9.46. The molecule has 0 saturated heterocycles. The summed E-state index contributed by atoms with van der Waals surface area (Å²) in [4.78, 5) is 0. The molecule has 0 atom stereocenters. The minimum atomic E-state index is -2.88. The van der Waals surface area contributed by atoms with E-state index in [-0.39, 0.29) is 0 Å². The molecule has 0 aliphatic carbocycles. The third-order valence-corrected chi connectivity index (χ3v) is 19.8. The van der Waals surface area contributed by atoms with E-state index in [9.17, 15) is 0 Å². The molecule has 0 spiro atoms. The Morgan fingerprint density at radius 1 is 0.710 bits per heavy atom. The van der Waals surface area contributed by atoms with Crippen LogP contribution in [0.2, 0.25) is 5.25 Å². The Labute approximate surface area is 193 Å². The molecule has 0 radical (unpaired) electrons. The summed E-state index contributed by atoms with van der Waals surface area (Å²) in [5.74, 6) is 0.919. The number of ether oxygens (including phenoxy) is 1. The van der Waals surface area contributed by atoms with Crippen molar-refractivity contribution in [2.75, 3.05) is 7.11 Å². The zero-order chi connectivity index (χ0) is 21.8. The van der Waals surface area contributed by atoms with Gasteiger partial charge in [0.25, 0.3) is 0 Å². The summed E-state index contributed by atoms with van der Waals surface area (Å²) in [6.07, 6.45) is 1.07. The van der Waals surface area contributed by atoms with Gasteiger partial charge in [-0.1, -0.05) is 0 Å². The molecule has 0 unspecified atom stereocenters. The average Bonchev–Trinajstić information content (AvgIpc) is 3.23. The third-order valence-electron chi connectivity index (χ3n) is 6.29. The molecule has 1 heterocycles. The Bertz CT molecular complexity index is 1080. The first kappa shape index (κ1) is 21.9. The predicted molar refractivity (Wildman–Crippen MR) is 138 cm³/mol. The number of thiophene rings is 1.